The summed E-state index contributed by atoms with van der Waals surface area (Å²) in [5.74, 6) is 1.46. The number of benzene rings is 3. The number of halogens is 1. The van der Waals surface area contributed by atoms with Crippen LogP contribution in [0.2, 0.25) is 5.02 Å². The van der Waals surface area contributed by atoms with E-state index in [0.717, 1.165) is 5.75 Å². The van der Waals surface area contributed by atoms with Crippen LogP contribution >= 0.6 is 11.6 Å². The molecule has 3 rings (SSSR count). The first-order chi connectivity index (χ1) is 16.3. The zero-order valence-corrected chi connectivity index (χ0v) is 20.4. The lowest BCUT2D eigenvalue weighted by molar-refractivity contribution is 0.247. The van der Waals surface area contributed by atoms with Gasteiger partial charge in [-0.3, -0.25) is 0 Å². The summed E-state index contributed by atoms with van der Waals surface area (Å²) in [7, 11) is 0. The van der Waals surface area contributed by atoms with E-state index in [4.69, 9.17) is 21.1 Å². The number of nitrogens with zero attached hydrogens (tertiary/aromatic N) is 1. The Morgan fingerprint density at radius 3 is 2.38 bits per heavy atom. The number of para-hydroxylation sites is 1. The van der Waals surface area contributed by atoms with Crippen LogP contribution in [-0.4, -0.2) is 25.5 Å². The summed E-state index contributed by atoms with van der Waals surface area (Å²) in [6.45, 7) is 7.56. The monoisotopic (exact) mass is 479 g/mol. The van der Waals surface area contributed by atoms with Gasteiger partial charge < -0.3 is 14.8 Å². The number of urea groups is 1. The summed E-state index contributed by atoms with van der Waals surface area (Å²) in [5, 5.41) is 7.23. The second-order valence-corrected chi connectivity index (χ2v) is 9.13. The van der Waals surface area contributed by atoms with Gasteiger partial charge in [-0.05, 0) is 53.4 Å². The third kappa shape index (κ3) is 8.12. The van der Waals surface area contributed by atoms with Crippen LogP contribution in [0, 0.1) is 0 Å². The van der Waals surface area contributed by atoms with E-state index in [9.17, 15) is 4.79 Å². The zero-order chi connectivity index (χ0) is 24.4. The molecule has 3 aromatic rings. The Balaban J connectivity index is 1.46. The maximum Gasteiger partial charge on any atom is 0.339 e. The van der Waals surface area contributed by atoms with Gasteiger partial charge in [-0.15, -0.1) is 0 Å². The molecule has 0 saturated heterocycles. The molecule has 0 bridgehead atoms. The normalized spacial score (nSPS) is 11.3. The average molecular weight is 480 g/mol. The zero-order valence-electron chi connectivity index (χ0n) is 19.7. The molecule has 6 nitrogen and oxygen atoms in total. The van der Waals surface area contributed by atoms with Crippen LogP contribution < -0.4 is 20.2 Å². The molecule has 0 fully saturated rings. The smallest absolute Gasteiger partial charge is 0.339 e. The molecule has 34 heavy (non-hydrogen) atoms. The number of anilines is 1. The summed E-state index contributed by atoms with van der Waals surface area (Å²) in [6.07, 6.45) is 2.21. The van der Waals surface area contributed by atoms with Gasteiger partial charge in [0.05, 0.1) is 19.4 Å². The summed E-state index contributed by atoms with van der Waals surface area (Å²) in [6, 6.07) is 22.1. The molecule has 2 amide bonds. The van der Waals surface area contributed by atoms with E-state index in [0.29, 0.717) is 41.7 Å². The molecule has 0 heterocycles. The van der Waals surface area contributed by atoms with E-state index in [-0.39, 0.29) is 5.41 Å². The second-order valence-electron chi connectivity index (χ2n) is 8.70. The highest BCUT2D eigenvalue weighted by Crippen LogP contribution is 2.24. The van der Waals surface area contributed by atoms with Gasteiger partial charge in [0.15, 0.2) is 0 Å². The van der Waals surface area contributed by atoms with Crippen LogP contribution in [0.25, 0.3) is 0 Å². The highest BCUT2D eigenvalue weighted by Gasteiger charge is 2.13. The molecule has 3 aromatic carbocycles. The highest BCUT2D eigenvalue weighted by molar-refractivity contribution is 6.30. The lowest BCUT2D eigenvalue weighted by Gasteiger charge is -2.19. The van der Waals surface area contributed by atoms with Crippen LogP contribution in [0.4, 0.5) is 10.5 Å². The van der Waals surface area contributed by atoms with Crippen molar-refractivity contribution in [3.8, 4) is 11.5 Å². The number of carbonyl (C=O) groups excluding carboxylic acids is 1. The van der Waals surface area contributed by atoms with Crippen molar-refractivity contribution in [2.75, 3.05) is 18.5 Å². The molecule has 178 valence electrons. The average Bonchev–Trinajstić information content (AvgIpc) is 2.80. The first-order valence-electron chi connectivity index (χ1n) is 11.1. The number of rotatable bonds is 9. The van der Waals surface area contributed by atoms with Gasteiger partial charge in [-0.2, -0.15) is 5.10 Å². The van der Waals surface area contributed by atoms with Crippen molar-refractivity contribution in [2.45, 2.75) is 32.6 Å². The van der Waals surface area contributed by atoms with Crippen LogP contribution in [0.1, 0.15) is 38.3 Å². The molecular formula is C27H30ClN3O3. The van der Waals surface area contributed by atoms with E-state index >= 15 is 0 Å². The van der Waals surface area contributed by atoms with Crippen LogP contribution in [-0.2, 0) is 5.41 Å². The summed E-state index contributed by atoms with van der Waals surface area (Å²) in [4.78, 5) is 12.0. The quantitative estimate of drug-likeness (QED) is 0.205. The van der Waals surface area contributed by atoms with Gasteiger partial charge in [0.1, 0.15) is 11.5 Å². The van der Waals surface area contributed by atoms with Gasteiger partial charge in [0.25, 0.3) is 0 Å². The molecule has 0 unspecified atom stereocenters. The Kier molecular flexibility index (Phi) is 8.93. The molecule has 0 aromatic heterocycles. The predicted octanol–water partition coefficient (Wildman–Crippen LogP) is 6.64. The first-order valence-corrected chi connectivity index (χ1v) is 11.5. The Hall–Kier alpha value is -3.51. The van der Waals surface area contributed by atoms with Gasteiger partial charge in [-0.25, -0.2) is 10.2 Å². The Morgan fingerprint density at radius 2 is 1.68 bits per heavy atom. The van der Waals surface area contributed by atoms with E-state index in [2.05, 4.69) is 48.7 Å². The van der Waals surface area contributed by atoms with Crippen molar-refractivity contribution in [3.63, 3.8) is 0 Å². The van der Waals surface area contributed by atoms with Crippen LogP contribution in [0.5, 0.6) is 11.5 Å². The minimum atomic E-state index is -0.445. The number of hydrazone groups is 1. The largest absolute Gasteiger partial charge is 0.493 e. The number of amides is 2. The standard InChI is InChI=1S/C27H30ClN3O3/c1-27(2,3)21-10-13-24(14-11-21)33-16-7-17-34-25-15-12-22(28)18-20(25)19-29-31-26(32)30-23-8-5-4-6-9-23/h4-6,8-15,18-19H,7,16-17H2,1-3H3,(H2,30,31,32)/b29-19-. The Bertz CT molecular complexity index is 1090. The molecular weight excluding hydrogens is 450 g/mol. The highest BCUT2D eigenvalue weighted by atomic mass is 35.5. The topological polar surface area (TPSA) is 72.0 Å². The third-order valence-corrected chi connectivity index (χ3v) is 5.14. The van der Waals surface area contributed by atoms with Gasteiger partial charge >= 0.3 is 6.03 Å². The van der Waals surface area contributed by atoms with Crippen molar-refractivity contribution in [2.24, 2.45) is 5.10 Å². The number of ether oxygens (including phenoxy) is 2. The minimum absolute atomic E-state index is 0.118. The van der Waals surface area contributed by atoms with Crippen molar-refractivity contribution in [1.29, 1.82) is 0 Å². The summed E-state index contributed by atoms with van der Waals surface area (Å²) in [5.41, 5.74) is 5.16. The van der Waals surface area contributed by atoms with Gasteiger partial charge in [0, 0.05) is 22.7 Å². The number of hydrogen-bond acceptors (Lipinski definition) is 4. The van der Waals surface area contributed by atoms with E-state index in [1.807, 2.05) is 30.3 Å². The molecule has 2 N–H and O–H groups in total. The fourth-order valence-electron chi connectivity index (χ4n) is 3.07. The molecule has 0 aliphatic carbocycles. The SMILES string of the molecule is CC(C)(C)c1ccc(OCCCOc2ccc(Cl)cc2/C=N\NC(=O)Nc2ccccc2)cc1. The van der Waals surface area contributed by atoms with Gasteiger partial charge in [-0.1, -0.05) is 62.7 Å². The third-order valence-electron chi connectivity index (χ3n) is 4.91. The fourth-order valence-corrected chi connectivity index (χ4v) is 3.26. The molecule has 0 atom stereocenters. The minimum Gasteiger partial charge on any atom is -0.493 e. The van der Waals surface area contributed by atoms with Crippen LogP contribution in [0.15, 0.2) is 77.9 Å². The number of hydrogen-bond donors (Lipinski definition) is 2. The maximum atomic E-state index is 12.0. The molecule has 7 heteroatoms. The lowest BCUT2D eigenvalue weighted by atomic mass is 9.87. The van der Waals surface area contributed by atoms with Gasteiger partial charge in [0.2, 0.25) is 0 Å². The lowest BCUT2D eigenvalue weighted by Crippen LogP contribution is -2.24. The summed E-state index contributed by atoms with van der Waals surface area (Å²) < 4.78 is 11.7. The predicted molar refractivity (Wildman–Crippen MR) is 138 cm³/mol. The van der Waals surface area contributed by atoms with E-state index in [1.165, 1.54) is 11.8 Å². The van der Waals surface area contributed by atoms with Crippen LogP contribution in [0.3, 0.4) is 0 Å². The summed E-state index contributed by atoms with van der Waals surface area (Å²) >= 11 is 6.12. The first kappa shape index (κ1) is 25.1. The molecule has 0 saturated carbocycles. The Morgan fingerprint density at radius 1 is 0.971 bits per heavy atom. The number of carbonyl (C=O) groups is 1. The fraction of sp³-hybridized carbons (Fsp3) is 0.259. The Labute approximate surface area is 205 Å². The molecule has 0 aliphatic heterocycles. The molecule has 0 aliphatic rings. The van der Waals surface area contributed by atoms with Crippen molar-refractivity contribution >= 4 is 29.5 Å². The van der Waals surface area contributed by atoms with Crippen molar-refractivity contribution < 1.29 is 14.3 Å². The number of nitrogens with one attached hydrogen (secondary N) is 2. The van der Waals surface area contributed by atoms with Crippen molar-refractivity contribution in [1.82, 2.24) is 5.43 Å². The van der Waals surface area contributed by atoms with Crippen molar-refractivity contribution in [3.05, 3.63) is 88.9 Å². The van der Waals surface area contributed by atoms with E-state index in [1.54, 1.807) is 30.3 Å². The van der Waals surface area contributed by atoms with E-state index < -0.39 is 6.03 Å². The molecule has 0 spiro atoms. The molecule has 0 radical (unpaired) electrons. The maximum absolute atomic E-state index is 12.0. The second kappa shape index (κ2) is 12.1.